The van der Waals surface area contributed by atoms with E-state index in [1.807, 2.05) is 12.1 Å². The summed E-state index contributed by atoms with van der Waals surface area (Å²) in [5.41, 5.74) is 0.513. The van der Waals surface area contributed by atoms with Gasteiger partial charge in [-0.2, -0.15) is 0 Å². The van der Waals surface area contributed by atoms with Crippen LogP contribution in [0.4, 0.5) is 5.69 Å². The van der Waals surface area contributed by atoms with E-state index in [1.165, 1.54) is 0 Å². The smallest absolute Gasteiger partial charge is 0.405 e. The summed E-state index contributed by atoms with van der Waals surface area (Å²) in [6, 6.07) is 5.62. The first-order valence-electron chi connectivity index (χ1n) is 11.7. The number of fused-ring (bicyclic) bond motifs is 2. The van der Waals surface area contributed by atoms with Crippen molar-refractivity contribution in [1.29, 1.82) is 0 Å². The molecule has 12 heteroatoms. The van der Waals surface area contributed by atoms with Gasteiger partial charge in [0.15, 0.2) is 6.26 Å². The maximum absolute atomic E-state index is 12.6. The van der Waals surface area contributed by atoms with Crippen LogP contribution in [0.2, 0.25) is 10.0 Å². The van der Waals surface area contributed by atoms with Crippen LogP contribution < -0.4 is 19.7 Å². The fourth-order valence-corrected chi connectivity index (χ4v) is 5.02. The van der Waals surface area contributed by atoms with Gasteiger partial charge in [0, 0.05) is 38.3 Å². The molecule has 2 bridgehead atoms. The molecule has 1 aromatic heterocycles. The number of ether oxygens (including phenoxy) is 2. The number of esters is 2. The van der Waals surface area contributed by atoms with E-state index in [0.717, 1.165) is 70.0 Å². The topological polar surface area (TPSA) is 114 Å². The number of aromatic nitrogens is 1. The molecule has 1 aromatic carbocycles. The van der Waals surface area contributed by atoms with Crippen LogP contribution in [0.25, 0.3) is 0 Å². The van der Waals surface area contributed by atoms with Crippen molar-refractivity contribution < 1.29 is 28.3 Å². The average molecular weight is 535 g/mol. The number of anilines is 1. The average Bonchev–Trinajstić information content (AvgIpc) is 3.28. The fraction of sp³-hybridized carbons (Fsp3) is 0.417. The fourth-order valence-electron chi connectivity index (χ4n) is 4.61. The first-order valence-corrected chi connectivity index (χ1v) is 12.4. The molecule has 1 saturated heterocycles. The number of piperazine rings is 1. The van der Waals surface area contributed by atoms with Crippen molar-refractivity contribution in [2.75, 3.05) is 37.6 Å². The second kappa shape index (κ2) is 10.5. The number of hydrogen-bond donors (Lipinski definition) is 1. The van der Waals surface area contributed by atoms with Gasteiger partial charge < -0.3 is 24.1 Å². The van der Waals surface area contributed by atoms with Crippen LogP contribution in [0, 0.1) is 5.92 Å². The molecule has 1 N–H and O–H groups in total. The predicted octanol–water partition coefficient (Wildman–Crippen LogP) is 2.84. The second-order valence-electron chi connectivity index (χ2n) is 9.02. The third-order valence-corrected chi connectivity index (χ3v) is 7.45. The van der Waals surface area contributed by atoms with Crippen molar-refractivity contribution in [3.05, 3.63) is 46.2 Å². The third kappa shape index (κ3) is 5.50. The summed E-state index contributed by atoms with van der Waals surface area (Å²) < 4.78 is 14.7. The van der Waals surface area contributed by atoms with E-state index in [-0.39, 0.29) is 11.9 Å². The van der Waals surface area contributed by atoms with E-state index in [9.17, 15) is 14.4 Å². The third-order valence-electron chi connectivity index (χ3n) is 6.64. The second-order valence-corrected chi connectivity index (χ2v) is 9.80. The zero-order valence-corrected chi connectivity index (χ0v) is 20.8. The number of rotatable bonds is 6. The minimum atomic E-state index is -1.03. The highest BCUT2D eigenvalue weighted by atomic mass is 35.5. The van der Waals surface area contributed by atoms with E-state index in [2.05, 4.69) is 20.1 Å². The molecule has 36 heavy (non-hydrogen) atoms. The van der Waals surface area contributed by atoms with E-state index in [4.69, 9.17) is 37.1 Å². The summed E-state index contributed by atoms with van der Waals surface area (Å²) in [6.07, 6.45) is 4.07. The number of carbonyl (C=O) groups excluding carboxylic acids is 3. The van der Waals surface area contributed by atoms with Gasteiger partial charge in [0.2, 0.25) is 0 Å². The number of benzene rings is 1. The van der Waals surface area contributed by atoms with Crippen molar-refractivity contribution in [3.8, 4) is 12.0 Å². The number of amides is 1. The minimum absolute atomic E-state index is 0.0746. The summed E-state index contributed by atoms with van der Waals surface area (Å²) in [5.74, 6) is -2.31. The molecule has 1 amide bonds. The Morgan fingerprint density at radius 3 is 2.67 bits per heavy atom. The van der Waals surface area contributed by atoms with Gasteiger partial charge in [0.25, 0.3) is 11.8 Å². The summed E-state index contributed by atoms with van der Waals surface area (Å²) in [6.45, 7) is 4.61. The van der Waals surface area contributed by atoms with Crippen LogP contribution >= 0.6 is 23.2 Å². The molecule has 3 heterocycles. The molecule has 2 aromatic rings. The Hall–Kier alpha value is -3.08. The molecule has 0 spiro atoms. The highest BCUT2D eigenvalue weighted by molar-refractivity contribution is 6.43. The van der Waals surface area contributed by atoms with Gasteiger partial charge in [-0.05, 0) is 43.9 Å². The lowest BCUT2D eigenvalue weighted by Gasteiger charge is -2.40. The standard InChI is InChI=1S/C24H24Cl2N4O6/c25-17-2-1-3-18(21(17)26)30-8-6-29(7-9-30)5-4-14-10-15(11-14)27-22(32)16-12-20(31)35-19-13-34-24(28-19)36-23(16)33/h1-3,12-15H,4-11H2,(H,27,32)/b16-12+. The van der Waals surface area contributed by atoms with E-state index < -0.39 is 29.5 Å². The van der Waals surface area contributed by atoms with Crippen LogP contribution in [0.3, 0.4) is 0 Å². The highest BCUT2D eigenvalue weighted by Crippen LogP contribution is 2.34. The zero-order chi connectivity index (χ0) is 25.2. The molecule has 2 aliphatic heterocycles. The van der Waals surface area contributed by atoms with E-state index in [0.29, 0.717) is 16.0 Å². The van der Waals surface area contributed by atoms with Gasteiger partial charge in [-0.1, -0.05) is 29.3 Å². The molecule has 190 valence electrons. The Balaban J connectivity index is 1.05. The molecular formula is C24H24Cl2N4O6. The van der Waals surface area contributed by atoms with E-state index >= 15 is 0 Å². The van der Waals surface area contributed by atoms with Gasteiger partial charge in [-0.25, -0.2) is 9.59 Å². The molecule has 2 fully saturated rings. The van der Waals surface area contributed by atoms with Gasteiger partial charge in [0.05, 0.1) is 15.7 Å². The van der Waals surface area contributed by atoms with E-state index in [1.54, 1.807) is 6.07 Å². The number of oxazole rings is 1. The Labute approximate surface area is 217 Å². The Morgan fingerprint density at radius 2 is 1.89 bits per heavy atom. The van der Waals surface area contributed by atoms with Gasteiger partial charge in [-0.15, -0.1) is 4.98 Å². The van der Waals surface area contributed by atoms with Crippen molar-refractivity contribution in [2.45, 2.75) is 25.3 Å². The van der Waals surface area contributed by atoms with Crippen molar-refractivity contribution >= 4 is 46.7 Å². The molecule has 10 nitrogen and oxygen atoms in total. The number of halogens is 2. The monoisotopic (exact) mass is 534 g/mol. The first kappa shape index (κ1) is 24.6. The molecule has 5 rings (SSSR count). The summed E-state index contributed by atoms with van der Waals surface area (Å²) in [4.78, 5) is 45.3. The Bertz CT molecular complexity index is 1200. The summed E-state index contributed by atoms with van der Waals surface area (Å²) >= 11 is 12.5. The van der Waals surface area contributed by atoms with Crippen molar-refractivity contribution in [1.82, 2.24) is 15.2 Å². The highest BCUT2D eigenvalue weighted by Gasteiger charge is 2.34. The predicted molar refractivity (Wildman–Crippen MR) is 130 cm³/mol. The first-order chi connectivity index (χ1) is 17.4. The molecule has 1 saturated carbocycles. The minimum Gasteiger partial charge on any atom is -0.413 e. The number of hydrogen-bond acceptors (Lipinski definition) is 9. The SMILES string of the molecule is O=C1/C=C(\C(=O)NC2CC(CCN3CCN(c4cccc(Cl)c4Cl)CC3)C2)C(=O)Oc2nc(co2)O1. The van der Waals surface area contributed by atoms with Crippen LogP contribution in [0.5, 0.6) is 12.0 Å². The largest absolute Gasteiger partial charge is 0.413 e. The van der Waals surface area contributed by atoms with Crippen LogP contribution in [-0.2, 0) is 14.4 Å². The quantitative estimate of drug-likeness (QED) is 0.441. The maximum Gasteiger partial charge on any atom is 0.405 e. The molecule has 1 aliphatic carbocycles. The van der Waals surface area contributed by atoms with Gasteiger partial charge in [-0.3, -0.25) is 9.69 Å². The van der Waals surface area contributed by atoms with Gasteiger partial charge in [0.1, 0.15) is 5.57 Å². The Kier molecular flexibility index (Phi) is 7.17. The van der Waals surface area contributed by atoms with Crippen LogP contribution in [0.15, 0.2) is 40.5 Å². The van der Waals surface area contributed by atoms with Gasteiger partial charge >= 0.3 is 18.0 Å². The lowest BCUT2D eigenvalue weighted by atomic mass is 9.78. The normalized spacial score (nSPS) is 23.8. The number of carbonyl (C=O) groups is 3. The zero-order valence-electron chi connectivity index (χ0n) is 19.2. The van der Waals surface area contributed by atoms with Crippen molar-refractivity contribution in [3.63, 3.8) is 0 Å². The Morgan fingerprint density at radius 1 is 1.11 bits per heavy atom. The molecule has 0 atom stereocenters. The maximum atomic E-state index is 12.6. The lowest BCUT2D eigenvalue weighted by Crippen LogP contribution is -2.49. The molecular weight excluding hydrogens is 511 g/mol. The molecule has 3 aliphatic rings. The molecule has 0 unspecified atom stereocenters. The molecule has 0 radical (unpaired) electrons. The van der Waals surface area contributed by atoms with Crippen LogP contribution in [0.1, 0.15) is 19.3 Å². The number of nitrogens with one attached hydrogen (secondary N) is 1. The van der Waals surface area contributed by atoms with Crippen LogP contribution in [-0.4, -0.2) is 66.5 Å². The number of nitrogens with zero attached hydrogens (tertiary/aromatic N) is 3. The summed E-state index contributed by atoms with van der Waals surface area (Å²) in [5, 5.41) is 3.96. The summed E-state index contributed by atoms with van der Waals surface area (Å²) in [7, 11) is 0. The van der Waals surface area contributed by atoms with Crippen molar-refractivity contribution in [2.24, 2.45) is 5.92 Å². The lowest BCUT2D eigenvalue weighted by molar-refractivity contribution is -0.135.